The Labute approximate surface area is 180 Å². The Bertz CT molecular complexity index is 1090. The molecule has 1 N–H and O–H groups in total. The van der Waals surface area contributed by atoms with Crippen LogP contribution < -0.4 is 14.8 Å². The van der Waals surface area contributed by atoms with Gasteiger partial charge in [-0.15, -0.1) is 5.10 Å². The summed E-state index contributed by atoms with van der Waals surface area (Å²) in [5.74, 6) is -0.935. The number of halogens is 4. The smallest absolute Gasteiger partial charge is 0.387 e. The van der Waals surface area contributed by atoms with E-state index in [0.717, 1.165) is 0 Å². The summed E-state index contributed by atoms with van der Waals surface area (Å²) >= 11 is 5.80. The molecule has 7 nitrogen and oxygen atoms in total. The fourth-order valence-corrected chi connectivity index (χ4v) is 3.04. The quantitative estimate of drug-likeness (QED) is 0.557. The molecule has 3 aromatic rings. The summed E-state index contributed by atoms with van der Waals surface area (Å²) in [6.45, 7) is -1.12. The number of hydrogen-bond donors (Lipinski definition) is 1. The lowest BCUT2D eigenvalue weighted by atomic mass is 10.1. The third-order valence-corrected chi connectivity index (χ3v) is 4.69. The second-order valence-electron chi connectivity index (χ2n) is 6.40. The Morgan fingerprint density at radius 2 is 2.00 bits per heavy atom. The number of nitrogens with one attached hydrogen (secondary N) is 1. The van der Waals surface area contributed by atoms with E-state index in [9.17, 15) is 18.0 Å². The van der Waals surface area contributed by atoms with Gasteiger partial charge in [-0.3, -0.25) is 4.79 Å². The first-order valence-electron chi connectivity index (χ1n) is 9.07. The van der Waals surface area contributed by atoms with Crippen molar-refractivity contribution in [1.29, 1.82) is 0 Å². The summed E-state index contributed by atoms with van der Waals surface area (Å²) in [5.41, 5.74) is 1.66. The summed E-state index contributed by atoms with van der Waals surface area (Å²) in [6, 6.07) is 8.66. The van der Waals surface area contributed by atoms with E-state index in [0.29, 0.717) is 23.4 Å². The summed E-state index contributed by atoms with van der Waals surface area (Å²) < 4.78 is 49.3. The van der Waals surface area contributed by atoms with E-state index in [1.165, 1.54) is 42.1 Å². The van der Waals surface area contributed by atoms with E-state index in [1.807, 2.05) is 0 Å². The van der Waals surface area contributed by atoms with E-state index in [1.54, 1.807) is 13.0 Å². The minimum atomic E-state index is -2.98. The molecule has 0 bridgehead atoms. The summed E-state index contributed by atoms with van der Waals surface area (Å²) in [7, 11) is 1.35. The van der Waals surface area contributed by atoms with Crippen LogP contribution in [0, 0.1) is 12.7 Å². The van der Waals surface area contributed by atoms with Crippen molar-refractivity contribution in [1.82, 2.24) is 20.3 Å². The number of nitrogens with zero attached hydrogens (tertiary/aromatic N) is 3. The van der Waals surface area contributed by atoms with Gasteiger partial charge in [-0.05, 0) is 49.2 Å². The van der Waals surface area contributed by atoms with E-state index in [-0.39, 0.29) is 28.8 Å². The standard InChI is InChI=1S/C20H18ClF3N4O3/c1-11-18(26-27-28(11)13-4-5-15(22)14(21)10-13)19(29)25-8-7-12-3-6-16(30-2)17(9-12)31-20(23)24/h3-6,9-10,20H,7-8H2,1-2H3,(H,25,29). The third-order valence-electron chi connectivity index (χ3n) is 4.40. The molecule has 2 aromatic carbocycles. The largest absolute Gasteiger partial charge is 0.493 e. The Hall–Kier alpha value is -3.27. The average molecular weight is 455 g/mol. The van der Waals surface area contributed by atoms with Crippen LogP contribution in [0.1, 0.15) is 21.7 Å². The molecule has 0 spiro atoms. The predicted octanol–water partition coefficient (Wildman–Crippen LogP) is 3.95. The number of amides is 1. The molecular formula is C20H18ClF3N4O3. The molecule has 164 valence electrons. The Kier molecular flexibility index (Phi) is 7.01. The first-order chi connectivity index (χ1) is 14.8. The van der Waals surface area contributed by atoms with Crippen LogP contribution in [-0.4, -0.2) is 41.2 Å². The normalized spacial score (nSPS) is 10.9. The topological polar surface area (TPSA) is 78.3 Å². The van der Waals surface area contributed by atoms with Crippen LogP contribution in [0.4, 0.5) is 13.2 Å². The zero-order valence-corrected chi connectivity index (χ0v) is 17.3. The van der Waals surface area contributed by atoms with E-state index in [2.05, 4.69) is 20.4 Å². The lowest BCUT2D eigenvalue weighted by Gasteiger charge is -2.11. The van der Waals surface area contributed by atoms with Gasteiger partial charge in [0, 0.05) is 6.54 Å². The molecule has 0 radical (unpaired) electrons. The van der Waals surface area contributed by atoms with Crippen molar-refractivity contribution in [2.24, 2.45) is 0 Å². The van der Waals surface area contributed by atoms with Crippen molar-refractivity contribution in [3.8, 4) is 17.2 Å². The van der Waals surface area contributed by atoms with Crippen LogP contribution >= 0.6 is 11.6 Å². The van der Waals surface area contributed by atoms with E-state index in [4.69, 9.17) is 16.3 Å². The van der Waals surface area contributed by atoms with Crippen molar-refractivity contribution in [2.45, 2.75) is 20.0 Å². The SMILES string of the molecule is COc1ccc(CCNC(=O)c2nnn(-c3ccc(F)c(Cl)c3)c2C)cc1OC(F)F. The lowest BCUT2D eigenvalue weighted by Crippen LogP contribution is -2.26. The molecule has 0 atom stereocenters. The molecule has 0 aliphatic carbocycles. The number of hydrogen-bond acceptors (Lipinski definition) is 5. The number of alkyl halides is 2. The molecule has 0 saturated heterocycles. The fourth-order valence-electron chi connectivity index (χ4n) is 2.87. The van der Waals surface area contributed by atoms with Crippen LogP contribution in [0.25, 0.3) is 5.69 Å². The van der Waals surface area contributed by atoms with E-state index >= 15 is 0 Å². The zero-order valence-electron chi connectivity index (χ0n) is 16.5. The van der Waals surface area contributed by atoms with Crippen molar-refractivity contribution in [2.75, 3.05) is 13.7 Å². The second kappa shape index (κ2) is 9.69. The number of aromatic nitrogens is 3. The average Bonchev–Trinajstić information content (AvgIpc) is 3.11. The van der Waals surface area contributed by atoms with Gasteiger partial charge in [-0.25, -0.2) is 9.07 Å². The minimum Gasteiger partial charge on any atom is -0.493 e. The maximum absolute atomic E-state index is 13.4. The van der Waals surface area contributed by atoms with Gasteiger partial charge in [0.15, 0.2) is 17.2 Å². The number of carbonyl (C=O) groups excluding carboxylic acids is 1. The monoisotopic (exact) mass is 454 g/mol. The molecule has 1 amide bonds. The highest BCUT2D eigenvalue weighted by Gasteiger charge is 2.18. The molecule has 0 saturated carbocycles. The van der Waals surface area contributed by atoms with Gasteiger partial charge >= 0.3 is 6.61 Å². The molecule has 1 aromatic heterocycles. The van der Waals surface area contributed by atoms with Crippen LogP contribution in [0.2, 0.25) is 5.02 Å². The highest BCUT2D eigenvalue weighted by atomic mass is 35.5. The number of carbonyl (C=O) groups is 1. The highest BCUT2D eigenvalue weighted by Crippen LogP contribution is 2.29. The fraction of sp³-hybridized carbons (Fsp3) is 0.250. The highest BCUT2D eigenvalue weighted by molar-refractivity contribution is 6.30. The molecule has 0 unspecified atom stereocenters. The molecule has 0 aliphatic heterocycles. The number of methoxy groups -OCH3 is 1. The molecular weight excluding hydrogens is 437 g/mol. The van der Waals surface area contributed by atoms with Crippen LogP contribution in [0.3, 0.4) is 0 Å². The van der Waals surface area contributed by atoms with Crippen LogP contribution in [0.15, 0.2) is 36.4 Å². The number of ether oxygens (including phenoxy) is 2. The molecule has 31 heavy (non-hydrogen) atoms. The summed E-state index contributed by atoms with van der Waals surface area (Å²) in [5, 5.41) is 10.4. The molecule has 11 heteroatoms. The van der Waals surface area contributed by atoms with Crippen molar-refractivity contribution >= 4 is 17.5 Å². The van der Waals surface area contributed by atoms with Crippen LogP contribution in [-0.2, 0) is 6.42 Å². The van der Waals surface area contributed by atoms with Gasteiger partial charge in [0.25, 0.3) is 5.91 Å². The first kappa shape index (κ1) is 22.4. The third kappa shape index (κ3) is 5.26. The van der Waals surface area contributed by atoms with Crippen LogP contribution in [0.5, 0.6) is 11.5 Å². The number of rotatable bonds is 8. The lowest BCUT2D eigenvalue weighted by molar-refractivity contribution is -0.0512. The number of benzene rings is 2. The molecule has 1 heterocycles. The van der Waals surface area contributed by atoms with Crippen molar-refractivity contribution < 1.29 is 27.4 Å². The Morgan fingerprint density at radius 3 is 2.68 bits per heavy atom. The minimum absolute atomic E-state index is 0.0758. The summed E-state index contributed by atoms with van der Waals surface area (Å²) in [4.78, 5) is 12.5. The van der Waals surface area contributed by atoms with Crippen molar-refractivity contribution in [3.63, 3.8) is 0 Å². The van der Waals surface area contributed by atoms with Gasteiger partial charge in [-0.2, -0.15) is 8.78 Å². The second-order valence-corrected chi connectivity index (χ2v) is 6.81. The van der Waals surface area contributed by atoms with E-state index < -0.39 is 18.3 Å². The predicted molar refractivity (Wildman–Crippen MR) is 107 cm³/mol. The molecule has 0 aliphatic rings. The van der Waals surface area contributed by atoms with Gasteiger partial charge in [0.1, 0.15) is 5.82 Å². The van der Waals surface area contributed by atoms with Gasteiger partial charge in [0.05, 0.1) is 23.5 Å². The first-order valence-corrected chi connectivity index (χ1v) is 9.45. The summed E-state index contributed by atoms with van der Waals surface area (Å²) in [6.07, 6.45) is 0.357. The molecule has 0 fully saturated rings. The van der Waals surface area contributed by atoms with Gasteiger partial charge in [0.2, 0.25) is 0 Å². The van der Waals surface area contributed by atoms with Crippen molar-refractivity contribution in [3.05, 3.63) is 64.2 Å². The maximum Gasteiger partial charge on any atom is 0.387 e. The van der Waals surface area contributed by atoms with Gasteiger partial charge in [-0.1, -0.05) is 22.9 Å². The zero-order chi connectivity index (χ0) is 22.5. The molecule has 3 rings (SSSR count). The van der Waals surface area contributed by atoms with Gasteiger partial charge < -0.3 is 14.8 Å². The Balaban J connectivity index is 1.65. The maximum atomic E-state index is 13.4. The Morgan fingerprint density at radius 1 is 1.23 bits per heavy atom.